The van der Waals surface area contributed by atoms with Crippen molar-refractivity contribution in [3.8, 4) is 0 Å². The number of aliphatic hydroxyl groups excluding tert-OH is 1. The molecule has 7 heteroatoms. The van der Waals surface area contributed by atoms with Crippen molar-refractivity contribution in [2.75, 3.05) is 11.9 Å². The first-order chi connectivity index (χ1) is 11.0. The van der Waals surface area contributed by atoms with E-state index in [1.165, 1.54) is 0 Å². The van der Waals surface area contributed by atoms with Gasteiger partial charge in [0.2, 0.25) is 0 Å². The Balaban J connectivity index is 1.92. The van der Waals surface area contributed by atoms with Crippen molar-refractivity contribution in [2.24, 2.45) is 0 Å². The average molecular weight is 320 g/mol. The molecule has 2 rings (SSSR count). The third-order valence-electron chi connectivity index (χ3n) is 3.03. The summed E-state index contributed by atoms with van der Waals surface area (Å²) in [6.45, 7) is -0.501. The monoisotopic (exact) mass is 320 g/mol. The number of carbonyl (C=O) groups excluding carboxylic acids is 2. The van der Waals surface area contributed by atoms with Crippen LogP contribution < -0.4 is 10.6 Å². The summed E-state index contributed by atoms with van der Waals surface area (Å²) in [7, 11) is 0. The molecule has 3 N–H and O–H groups in total. The summed E-state index contributed by atoms with van der Waals surface area (Å²) in [5, 5.41) is 14.2. The van der Waals surface area contributed by atoms with E-state index in [9.17, 15) is 23.5 Å². The molecular formula is C16H14F2N2O3. The lowest BCUT2D eigenvalue weighted by Crippen LogP contribution is -2.37. The maximum absolute atomic E-state index is 13.5. The van der Waals surface area contributed by atoms with Crippen molar-refractivity contribution in [3.63, 3.8) is 0 Å². The van der Waals surface area contributed by atoms with E-state index in [-0.39, 0.29) is 0 Å². The Kier molecular flexibility index (Phi) is 5.37. The lowest BCUT2D eigenvalue weighted by molar-refractivity contribution is -0.136. The number of anilines is 1. The molecule has 2 aromatic rings. The number of hydrogen-bond acceptors (Lipinski definition) is 3. The molecule has 0 spiro atoms. The molecule has 0 bridgehead atoms. The smallest absolute Gasteiger partial charge is 0.313 e. The Morgan fingerprint density at radius 2 is 1.57 bits per heavy atom. The van der Waals surface area contributed by atoms with Gasteiger partial charge in [-0.25, -0.2) is 8.78 Å². The van der Waals surface area contributed by atoms with Gasteiger partial charge in [-0.2, -0.15) is 0 Å². The van der Waals surface area contributed by atoms with Crippen molar-refractivity contribution >= 4 is 17.5 Å². The highest BCUT2D eigenvalue weighted by Gasteiger charge is 2.20. The second-order valence-electron chi connectivity index (χ2n) is 4.68. The highest BCUT2D eigenvalue weighted by molar-refractivity contribution is 6.39. The fourth-order valence-corrected chi connectivity index (χ4v) is 1.91. The normalized spacial score (nSPS) is 11.6. The second kappa shape index (κ2) is 7.46. The van der Waals surface area contributed by atoms with Crippen LogP contribution in [0.2, 0.25) is 0 Å². The number of carbonyl (C=O) groups is 2. The zero-order valence-electron chi connectivity index (χ0n) is 11.9. The van der Waals surface area contributed by atoms with Crippen molar-refractivity contribution in [1.82, 2.24) is 5.32 Å². The number of amides is 2. The Morgan fingerprint density at radius 3 is 2.17 bits per heavy atom. The largest absolute Gasteiger partial charge is 0.386 e. The van der Waals surface area contributed by atoms with Gasteiger partial charge in [-0.3, -0.25) is 9.59 Å². The van der Waals surface area contributed by atoms with Gasteiger partial charge in [-0.05, 0) is 24.3 Å². The third-order valence-corrected chi connectivity index (χ3v) is 3.03. The first-order valence-corrected chi connectivity index (χ1v) is 6.75. The Hall–Kier alpha value is -2.80. The molecule has 2 aromatic carbocycles. The van der Waals surface area contributed by atoms with Crippen LogP contribution in [0.1, 0.15) is 11.7 Å². The van der Waals surface area contributed by atoms with Crippen molar-refractivity contribution < 1.29 is 23.5 Å². The number of nitrogens with one attached hydrogen (secondary N) is 2. The lowest BCUT2D eigenvalue weighted by Gasteiger charge is -2.13. The summed E-state index contributed by atoms with van der Waals surface area (Å²) >= 11 is 0. The summed E-state index contributed by atoms with van der Waals surface area (Å²) in [6, 6.07) is 11.4. The number of rotatable bonds is 4. The van der Waals surface area contributed by atoms with Crippen LogP contribution in [0.25, 0.3) is 0 Å². The topological polar surface area (TPSA) is 78.4 Å². The molecule has 0 aliphatic heterocycles. The van der Waals surface area contributed by atoms with E-state index in [0.717, 1.165) is 18.2 Å². The maximum atomic E-state index is 13.5. The standard InChI is InChI=1S/C16H14F2N2O3/c17-11-7-4-8-12(18)14(11)13(21)9-19-15(22)16(23)20-10-5-2-1-3-6-10/h1-8,13,21H,9H2,(H,19,22)(H,20,23)/t13-/m0/s1. The van der Waals surface area contributed by atoms with E-state index < -0.39 is 41.7 Å². The van der Waals surface area contributed by atoms with Gasteiger partial charge in [0.25, 0.3) is 0 Å². The van der Waals surface area contributed by atoms with Gasteiger partial charge in [-0.15, -0.1) is 0 Å². The Bertz CT molecular complexity index is 687. The molecule has 1 atom stereocenters. The SMILES string of the molecule is O=C(NC[C@H](O)c1c(F)cccc1F)C(=O)Nc1ccccc1. The summed E-state index contributed by atoms with van der Waals surface area (Å²) in [5.41, 5.74) is -0.135. The zero-order chi connectivity index (χ0) is 16.8. The van der Waals surface area contributed by atoms with Gasteiger partial charge in [-0.1, -0.05) is 24.3 Å². The van der Waals surface area contributed by atoms with Gasteiger partial charge in [0, 0.05) is 12.2 Å². The van der Waals surface area contributed by atoms with Crippen molar-refractivity contribution in [3.05, 3.63) is 65.7 Å². The van der Waals surface area contributed by atoms with Crippen LogP contribution in [0.4, 0.5) is 14.5 Å². The molecule has 0 unspecified atom stereocenters. The molecule has 23 heavy (non-hydrogen) atoms. The molecule has 0 heterocycles. The van der Waals surface area contributed by atoms with E-state index in [0.29, 0.717) is 5.69 Å². The molecule has 0 aromatic heterocycles. The van der Waals surface area contributed by atoms with Crippen LogP contribution in [0.15, 0.2) is 48.5 Å². The highest BCUT2D eigenvalue weighted by atomic mass is 19.1. The van der Waals surface area contributed by atoms with Crippen LogP contribution in [-0.2, 0) is 9.59 Å². The summed E-state index contributed by atoms with van der Waals surface area (Å²) in [4.78, 5) is 23.3. The molecule has 0 aliphatic carbocycles. The second-order valence-corrected chi connectivity index (χ2v) is 4.68. The quantitative estimate of drug-likeness (QED) is 0.751. The molecule has 0 aliphatic rings. The molecule has 5 nitrogen and oxygen atoms in total. The van der Waals surface area contributed by atoms with Gasteiger partial charge >= 0.3 is 11.8 Å². The summed E-state index contributed by atoms with van der Waals surface area (Å²) in [5.74, 6) is -3.83. The van der Waals surface area contributed by atoms with Crippen molar-refractivity contribution in [2.45, 2.75) is 6.10 Å². The number of para-hydroxylation sites is 1. The van der Waals surface area contributed by atoms with Gasteiger partial charge in [0.1, 0.15) is 17.7 Å². The van der Waals surface area contributed by atoms with Gasteiger partial charge in [0.15, 0.2) is 0 Å². The Morgan fingerprint density at radius 1 is 0.957 bits per heavy atom. The Labute approximate surface area is 130 Å². The van der Waals surface area contributed by atoms with E-state index >= 15 is 0 Å². The fraction of sp³-hybridized carbons (Fsp3) is 0.125. The molecule has 2 amide bonds. The number of hydrogen-bond donors (Lipinski definition) is 3. The third kappa shape index (κ3) is 4.33. The van der Waals surface area contributed by atoms with Crippen molar-refractivity contribution in [1.29, 1.82) is 0 Å². The first kappa shape index (κ1) is 16.6. The first-order valence-electron chi connectivity index (χ1n) is 6.75. The van der Waals surface area contributed by atoms with Gasteiger partial charge < -0.3 is 15.7 Å². The number of halogens is 2. The van der Waals surface area contributed by atoms with Crippen LogP contribution in [0.5, 0.6) is 0 Å². The fourth-order valence-electron chi connectivity index (χ4n) is 1.91. The molecule has 0 saturated carbocycles. The molecule has 0 fully saturated rings. The molecule has 0 saturated heterocycles. The minimum Gasteiger partial charge on any atom is -0.386 e. The van der Waals surface area contributed by atoms with E-state index in [1.54, 1.807) is 30.3 Å². The van der Waals surface area contributed by atoms with E-state index in [4.69, 9.17) is 0 Å². The maximum Gasteiger partial charge on any atom is 0.313 e. The molecule has 120 valence electrons. The minimum absolute atomic E-state index is 0.424. The predicted molar refractivity (Wildman–Crippen MR) is 79.4 cm³/mol. The molecule has 0 radical (unpaired) electrons. The summed E-state index contributed by atoms with van der Waals surface area (Å²) in [6.07, 6.45) is -1.61. The molecular weight excluding hydrogens is 306 g/mol. The van der Waals surface area contributed by atoms with Crippen LogP contribution in [0, 0.1) is 11.6 Å². The van der Waals surface area contributed by atoms with Crippen LogP contribution in [0.3, 0.4) is 0 Å². The zero-order valence-corrected chi connectivity index (χ0v) is 11.9. The van der Waals surface area contributed by atoms with Crippen LogP contribution >= 0.6 is 0 Å². The average Bonchev–Trinajstić information content (AvgIpc) is 2.53. The summed E-state index contributed by atoms with van der Waals surface area (Å²) < 4.78 is 27.0. The number of aliphatic hydroxyl groups is 1. The minimum atomic E-state index is -1.61. The van der Waals surface area contributed by atoms with E-state index in [1.807, 2.05) is 0 Å². The predicted octanol–water partition coefficient (Wildman–Crippen LogP) is 1.75. The lowest BCUT2D eigenvalue weighted by atomic mass is 10.1. The highest BCUT2D eigenvalue weighted by Crippen LogP contribution is 2.19. The number of benzene rings is 2. The van der Waals surface area contributed by atoms with Crippen LogP contribution in [-0.4, -0.2) is 23.5 Å². The van der Waals surface area contributed by atoms with Gasteiger partial charge in [0.05, 0.1) is 5.56 Å². The van der Waals surface area contributed by atoms with E-state index in [2.05, 4.69) is 10.6 Å².